The van der Waals surface area contributed by atoms with Crippen molar-refractivity contribution in [1.29, 1.82) is 0 Å². The number of halogens is 2. The van der Waals surface area contributed by atoms with Gasteiger partial charge in [0.25, 0.3) is 0 Å². The Morgan fingerprint density at radius 3 is 2.65 bits per heavy atom. The van der Waals surface area contributed by atoms with E-state index in [1.807, 2.05) is 13.0 Å². The molecule has 17 heavy (non-hydrogen) atoms. The number of hydrogen-bond donors (Lipinski definition) is 1. The molecule has 0 unspecified atom stereocenters. The highest BCUT2D eigenvalue weighted by Gasteiger charge is 2.02. The minimum atomic E-state index is -0.828. The van der Waals surface area contributed by atoms with E-state index in [2.05, 4.69) is 10.3 Å². The molecule has 0 aliphatic rings. The van der Waals surface area contributed by atoms with E-state index in [-0.39, 0.29) is 0 Å². The van der Waals surface area contributed by atoms with Gasteiger partial charge in [0.1, 0.15) is 0 Å². The number of benzene rings is 1. The molecular weight excluding hydrogens is 222 g/mol. The van der Waals surface area contributed by atoms with Crippen molar-refractivity contribution in [2.24, 2.45) is 0 Å². The predicted molar refractivity (Wildman–Crippen MR) is 62.7 cm³/mol. The van der Waals surface area contributed by atoms with Gasteiger partial charge in [-0.25, -0.2) is 8.78 Å². The Hall–Kier alpha value is -1.97. The Kier molecular flexibility index (Phi) is 3.32. The fourth-order valence-corrected chi connectivity index (χ4v) is 1.51. The maximum atomic E-state index is 13.0. The number of aromatic nitrogens is 1. The molecule has 0 spiro atoms. The Morgan fingerprint density at radius 1 is 1.12 bits per heavy atom. The lowest BCUT2D eigenvalue weighted by molar-refractivity contribution is 0.507. The monoisotopic (exact) mass is 234 g/mol. The summed E-state index contributed by atoms with van der Waals surface area (Å²) in [6, 6.07) is 5.80. The summed E-state index contributed by atoms with van der Waals surface area (Å²) in [6.07, 6.45) is 3.44. The van der Waals surface area contributed by atoms with E-state index in [4.69, 9.17) is 0 Å². The van der Waals surface area contributed by atoms with Gasteiger partial charge >= 0.3 is 0 Å². The first kappa shape index (κ1) is 11.5. The minimum Gasteiger partial charge on any atom is -0.380 e. The van der Waals surface area contributed by atoms with Gasteiger partial charge in [-0.1, -0.05) is 6.07 Å². The lowest BCUT2D eigenvalue weighted by Crippen LogP contribution is -2.01. The molecule has 1 heterocycles. The van der Waals surface area contributed by atoms with Crippen molar-refractivity contribution < 1.29 is 8.78 Å². The molecule has 0 aliphatic heterocycles. The van der Waals surface area contributed by atoms with E-state index < -0.39 is 11.6 Å². The summed E-state index contributed by atoms with van der Waals surface area (Å²) in [6.45, 7) is 2.37. The fraction of sp³-hybridized carbons (Fsp3) is 0.154. The van der Waals surface area contributed by atoms with Crippen molar-refractivity contribution in [3.8, 4) is 0 Å². The van der Waals surface area contributed by atoms with Crippen LogP contribution in [0.5, 0.6) is 0 Å². The first-order chi connectivity index (χ1) is 8.15. The zero-order valence-electron chi connectivity index (χ0n) is 9.37. The molecule has 1 aromatic carbocycles. The second-order valence-corrected chi connectivity index (χ2v) is 3.85. The summed E-state index contributed by atoms with van der Waals surface area (Å²) in [5.74, 6) is -1.65. The molecule has 4 heteroatoms. The molecular formula is C13H12F2N2. The number of rotatable bonds is 3. The van der Waals surface area contributed by atoms with Crippen molar-refractivity contribution in [1.82, 2.24) is 4.98 Å². The molecule has 0 atom stereocenters. The highest BCUT2D eigenvalue weighted by atomic mass is 19.2. The standard InChI is InChI=1S/C13H12F2N2/c1-9-4-11(8-16-6-9)17-7-10-2-3-12(14)13(15)5-10/h2-6,8,17H,7H2,1H3. The third kappa shape index (κ3) is 3.00. The summed E-state index contributed by atoms with van der Waals surface area (Å²) in [5.41, 5.74) is 2.58. The van der Waals surface area contributed by atoms with Crippen LogP contribution in [0.15, 0.2) is 36.7 Å². The summed E-state index contributed by atoms with van der Waals surface area (Å²) in [5, 5.41) is 3.10. The molecule has 1 aromatic heterocycles. The molecule has 88 valence electrons. The summed E-state index contributed by atoms with van der Waals surface area (Å²) < 4.78 is 25.7. The van der Waals surface area contributed by atoms with Crippen LogP contribution in [0.4, 0.5) is 14.5 Å². The smallest absolute Gasteiger partial charge is 0.159 e. The van der Waals surface area contributed by atoms with Gasteiger partial charge in [0.05, 0.1) is 5.69 Å². The molecule has 0 saturated heterocycles. The molecule has 1 N–H and O–H groups in total. The predicted octanol–water partition coefficient (Wildman–Crippen LogP) is 3.28. The van der Waals surface area contributed by atoms with E-state index >= 15 is 0 Å². The maximum absolute atomic E-state index is 13.0. The van der Waals surface area contributed by atoms with E-state index in [9.17, 15) is 8.78 Å². The Bertz CT molecular complexity index is 527. The topological polar surface area (TPSA) is 24.9 Å². The highest BCUT2D eigenvalue weighted by molar-refractivity contribution is 5.43. The van der Waals surface area contributed by atoms with Crippen molar-refractivity contribution in [3.05, 3.63) is 59.4 Å². The van der Waals surface area contributed by atoms with Crippen LogP contribution in [0.25, 0.3) is 0 Å². The number of pyridine rings is 1. The van der Waals surface area contributed by atoms with Crippen LogP contribution in [0.2, 0.25) is 0 Å². The summed E-state index contributed by atoms with van der Waals surface area (Å²) in [4.78, 5) is 4.03. The second kappa shape index (κ2) is 4.91. The highest BCUT2D eigenvalue weighted by Crippen LogP contribution is 2.12. The van der Waals surface area contributed by atoms with Crippen LogP contribution in [-0.2, 0) is 6.54 Å². The quantitative estimate of drug-likeness (QED) is 0.881. The number of hydrogen-bond acceptors (Lipinski definition) is 2. The van der Waals surface area contributed by atoms with Crippen molar-refractivity contribution in [2.75, 3.05) is 5.32 Å². The largest absolute Gasteiger partial charge is 0.380 e. The molecule has 0 fully saturated rings. The van der Waals surface area contributed by atoms with Crippen molar-refractivity contribution >= 4 is 5.69 Å². The fourth-order valence-electron chi connectivity index (χ4n) is 1.51. The summed E-state index contributed by atoms with van der Waals surface area (Å²) in [7, 11) is 0. The second-order valence-electron chi connectivity index (χ2n) is 3.85. The van der Waals surface area contributed by atoms with Gasteiger partial charge in [-0.15, -0.1) is 0 Å². The zero-order chi connectivity index (χ0) is 12.3. The number of nitrogens with one attached hydrogen (secondary N) is 1. The molecule has 0 radical (unpaired) electrons. The van der Waals surface area contributed by atoms with E-state index in [0.29, 0.717) is 12.1 Å². The Labute approximate surface area is 98.3 Å². The van der Waals surface area contributed by atoms with Gasteiger partial charge in [-0.2, -0.15) is 0 Å². The van der Waals surface area contributed by atoms with E-state index in [1.54, 1.807) is 18.5 Å². The van der Waals surface area contributed by atoms with Crippen LogP contribution in [-0.4, -0.2) is 4.98 Å². The first-order valence-corrected chi connectivity index (χ1v) is 5.24. The van der Waals surface area contributed by atoms with Gasteiger partial charge in [-0.3, -0.25) is 4.98 Å². The third-order valence-electron chi connectivity index (χ3n) is 2.36. The lowest BCUT2D eigenvalue weighted by atomic mass is 10.2. The number of nitrogens with zero attached hydrogens (tertiary/aromatic N) is 1. The van der Waals surface area contributed by atoms with Gasteiger partial charge in [-0.05, 0) is 36.2 Å². The molecule has 0 amide bonds. The van der Waals surface area contributed by atoms with Gasteiger partial charge in [0.2, 0.25) is 0 Å². The Morgan fingerprint density at radius 2 is 1.94 bits per heavy atom. The third-order valence-corrected chi connectivity index (χ3v) is 2.36. The average molecular weight is 234 g/mol. The zero-order valence-corrected chi connectivity index (χ0v) is 9.37. The number of aryl methyl sites for hydroxylation is 1. The molecule has 0 bridgehead atoms. The average Bonchev–Trinajstić information content (AvgIpc) is 2.31. The van der Waals surface area contributed by atoms with Gasteiger partial charge in [0.15, 0.2) is 11.6 Å². The summed E-state index contributed by atoms with van der Waals surface area (Å²) >= 11 is 0. The molecule has 2 rings (SSSR count). The van der Waals surface area contributed by atoms with Gasteiger partial charge in [0, 0.05) is 18.9 Å². The molecule has 2 nitrogen and oxygen atoms in total. The van der Waals surface area contributed by atoms with Crippen molar-refractivity contribution in [3.63, 3.8) is 0 Å². The maximum Gasteiger partial charge on any atom is 0.159 e. The normalized spacial score (nSPS) is 10.3. The first-order valence-electron chi connectivity index (χ1n) is 5.24. The van der Waals surface area contributed by atoms with Crippen LogP contribution in [0.1, 0.15) is 11.1 Å². The molecule has 0 saturated carbocycles. The number of anilines is 1. The minimum absolute atomic E-state index is 0.433. The van der Waals surface area contributed by atoms with E-state index in [1.165, 1.54) is 6.07 Å². The van der Waals surface area contributed by atoms with Crippen LogP contribution < -0.4 is 5.32 Å². The van der Waals surface area contributed by atoms with Crippen LogP contribution >= 0.6 is 0 Å². The Balaban J connectivity index is 2.05. The van der Waals surface area contributed by atoms with E-state index in [0.717, 1.165) is 17.3 Å². The van der Waals surface area contributed by atoms with Crippen LogP contribution in [0, 0.1) is 18.6 Å². The van der Waals surface area contributed by atoms with Crippen LogP contribution in [0.3, 0.4) is 0 Å². The molecule has 2 aromatic rings. The lowest BCUT2D eigenvalue weighted by Gasteiger charge is -2.07. The van der Waals surface area contributed by atoms with Gasteiger partial charge < -0.3 is 5.32 Å². The SMILES string of the molecule is Cc1cncc(NCc2ccc(F)c(F)c2)c1. The van der Waals surface area contributed by atoms with Crippen molar-refractivity contribution in [2.45, 2.75) is 13.5 Å². The molecule has 0 aliphatic carbocycles.